The third kappa shape index (κ3) is 2.20. The molecule has 0 radical (unpaired) electrons. The van der Waals surface area contributed by atoms with Crippen molar-refractivity contribution in [1.29, 1.82) is 0 Å². The molecule has 1 aromatic heterocycles. The van der Waals surface area contributed by atoms with Crippen LogP contribution in [0.1, 0.15) is 5.76 Å². The van der Waals surface area contributed by atoms with Gasteiger partial charge in [0.15, 0.2) is 11.6 Å². The van der Waals surface area contributed by atoms with E-state index in [9.17, 15) is 8.78 Å². The van der Waals surface area contributed by atoms with Gasteiger partial charge >= 0.3 is 0 Å². The molecule has 0 aliphatic rings. The highest BCUT2D eigenvalue weighted by Gasteiger charge is 2.08. The Bertz CT molecular complexity index is 496. The second-order valence-corrected chi connectivity index (χ2v) is 3.10. The van der Waals surface area contributed by atoms with E-state index in [1.807, 2.05) is 0 Å². The summed E-state index contributed by atoms with van der Waals surface area (Å²) in [5, 5.41) is 0. The summed E-state index contributed by atoms with van der Waals surface area (Å²) < 4.78 is 36.1. The molecule has 1 heterocycles. The molecule has 1 aromatic carbocycles. The van der Waals surface area contributed by atoms with Crippen LogP contribution in [0.2, 0.25) is 0 Å². The molecule has 2 rings (SSSR count). The maximum atomic E-state index is 13.2. The van der Waals surface area contributed by atoms with Crippen LogP contribution in [0.25, 0.3) is 0 Å². The fourth-order valence-corrected chi connectivity index (χ4v) is 1.19. The van der Waals surface area contributed by atoms with E-state index >= 15 is 0 Å². The Morgan fingerprint density at radius 1 is 1.19 bits per heavy atom. The first-order chi connectivity index (χ1) is 7.69. The smallest absolute Gasteiger partial charge is 0.290 e. The highest BCUT2D eigenvalue weighted by atomic mass is 19.1. The molecule has 84 valence electrons. The number of halogens is 2. The minimum Gasteiger partial charge on any atom is -0.429 e. The van der Waals surface area contributed by atoms with E-state index in [4.69, 9.17) is 14.9 Å². The van der Waals surface area contributed by atoms with Crippen LogP contribution in [0.15, 0.2) is 34.7 Å². The van der Waals surface area contributed by atoms with Crippen molar-refractivity contribution >= 4 is 0 Å². The molecule has 0 atom stereocenters. The van der Waals surface area contributed by atoms with Gasteiger partial charge < -0.3 is 14.9 Å². The summed E-state index contributed by atoms with van der Waals surface area (Å²) in [5.74, 6) is -0.885. The largest absolute Gasteiger partial charge is 0.429 e. The number of hydrogen-bond donors (Lipinski definition) is 1. The summed E-state index contributed by atoms with van der Waals surface area (Å²) in [5.41, 5.74) is 5.33. The first kappa shape index (κ1) is 10.6. The van der Waals surface area contributed by atoms with Gasteiger partial charge in [-0.25, -0.2) is 8.78 Å². The molecular formula is C11H9F2NO2. The van der Waals surface area contributed by atoms with Crippen LogP contribution in [0, 0.1) is 11.6 Å². The van der Waals surface area contributed by atoms with Gasteiger partial charge in [-0.1, -0.05) is 0 Å². The Morgan fingerprint density at radius 2 is 2.00 bits per heavy atom. The second-order valence-electron chi connectivity index (χ2n) is 3.10. The van der Waals surface area contributed by atoms with Crippen LogP contribution in [0.5, 0.6) is 11.7 Å². The molecule has 0 amide bonds. The lowest BCUT2D eigenvalue weighted by Crippen LogP contribution is -1.93. The summed E-state index contributed by atoms with van der Waals surface area (Å²) in [4.78, 5) is 0. The molecule has 0 unspecified atom stereocenters. The predicted octanol–water partition coefficient (Wildman–Crippen LogP) is 2.81. The number of rotatable bonds is 3. The van der Waals surface area contributed by atoms with Gasteiger partial charge in [-0.15, -0.1) is 0 Å². The zero-order chi connectivity index (χ0) is 11.5. The normalized spacial score (nSPS) is 10.4. The van der Waals surface area contributed by atoms with Crippen molar-refractivity contribution in [2.45, 2.75) is 6.54 Å². The standard InChI is InChI=1S/C11H9F2NO2/c12-7-1-3-9(13)10(5-7)16-11-4-2-8(6-14)15-11/h1-5H,6,14H2. The SMILES string of the molecule is NCc1ccc(Oc2cc(F)ccc2F)o1. The molecule has 0 saturated heterocycles. The minimum atomic E-state index is -0.660. The lowest BCUT2D eigenvalue weighted by atomic mass is 10.3. The highest BCUT2D eigenvalue weighted by Crippen LogP contribution is 2.26. The van der Waals surface area contributed by atoms with Crippen molar-refractivity contribution < 1.29 is 17.9 Å². The Labute approximate surface area is 90.4 Å². The van der Waals surface area contributed by atoms with Gasteiger partial charge in [-0.2, -0.15) is 0 Å². The lowest BCUT2D eigenvalue weighted by molar-refractivity contribution is 0.319. The topological polar surface area (TPSA) is 48.4 Å². The molecule has 2 N–H and O–H groups in total. The maximum absolute atomic E-state index is 13.2. The molecule has 5 heteroatoms. The molecule has 3 nitrogen and oxygen atoms in total. The molecule has 16 heavy (non-hydrogen) atoms. The quantitative estimate of drug-likeness (QED) is 0.873. The third-order valence-corrected chi connectivity index (χ3v) is 1.94. The van der Waals surface area contributed by atoms with E-state index in [2.05, 4.69) is 0 Å². The van der Waals surface area contributed by atoms with E-state index in [0.29, 0.717) is 5.76 Å². The number of ether oxygens (including phenoxy) is 1. The van der Waals surface area contributed by atoms with Crippen LogP contribution in [-0.2, 0) is 6.54 Å². The van der Waals surface area contributed by atoms with Crippen molar-refractivity contribution in [1.82, 2.24) is 0 Å². The first-order valence-electron chi connectivity index (χ1n) is 4.60. The monoisotopic (exact) mass is 225 g/mol. The van der Waals surface area contributed by atoms with Gasteiger partial charge in [0.2, 0.25) is 0 Å². The number of nitrogens with two attached hydrogens (primary N) is 1. The molecule has 0 bridgehead atoms. The fraction of sp³-hybridized carbons (Fsp3) is 0.0909. The summed E-state index contributed by atoms with van der Waals surface area (Å²) in [6.45, 7) is 0.217. The van der Waals surface area contributed by atoms with E-state index in [-0.39, 0.29) is 18.2 Å². The summed E-state index contributed by atoms with van der Waals surface area (Å²) >= 11 is 0. The van der Waals surface area contributed by atoms with Gasteiger partial charge in [-0.3, -0.25) is 0 Å². The minimum absolute atomic E-state index is 0.0740. The van der Waals surface area contributed by atoms with Crippen molar-refractivity contribution in [2.75, 3.05) is 0 Å². The zero-order valence-corrected chi connectivity index (χ0v) is 8.24. The first-order valence-corrected chi connectivity index (χ1v) is 4.60. The average Bonchev–Trinajstić information content (AvgIpc) is 2.71. The lowest BCUT2D eigenvalue weighted by Gasteiger charge is -2.03. The number of benzene rings is 1. The maximum Gasteiger partial charge on any atom is 0.290 e. The van der Waals surface area contributed by atoms with Crippen LogP contribution in [-0.4, -0.2) is 0 Å². The number of furan rings is 1. The molecular weight excluding hydrogens is 216 g/mol. The van der Waals surface area contributed by atoms with E-state index in [1.54, 1.807) is 6.07 Å². The highest BCUT2D eigenvalue weighted by molar-refractivity contribution is 5.28. The van der Waals surface area contributed by atoms with Crippen LogP contribution < -0.4 is 10.5 Å². The Kier molecular flexibility index (Phi) is 2.87. The van der Waals surface area contributed by atoms with E-state index < -0.39 is 11.6 Å². The van der Waals surface area contributed by atoms with Gasteiger partial charge in [0, 0.05) is 12.1 Å². The molecule has 2 aromatic rings. The van der Waals surface area contributed by atoms with Crippen molar-refractivity contribution in [2.24, 2.45) is 5.73 Å². The predicted molar refractivity (Wildman–Crippen MR) is 53.0 cm³/mol. The van der Waals surface area contributed by atoms with E-state index in [1.165, 1.54) is 6.07 Å². The van der Waals surface area contributed by atoms with Gasteiger partial charge in [0.25, 0.3) is 5.95 Å². The van der Waals surface area contributed by atoms with Crippen LogP contribution in [0.4, 0.5) is 8.78 Å². The Hall–Kier alpha value is -1.88. The van der Waals surface area contributed by atoms with Crippen molar-refractivity contribution in [3.05, 3.63) is 47.7 Å². The second kappa shape index (κ2) is 4.32. The van der Waals surface area contributed by atoms with E-state index in [0.717, 1.165) is 18.2 Å². The number of hydrogen-bond acceptors (Lipinski definition) is 3. The summed E-state index contributed by atoms with van der Waals surface area (Å²) in [6, 6.07) is 6.03. The Balaban J connectivity index is 2.22. The molecule has 0 aliphatic heterocycles. The van der Waals surface area contributed by atoms with Crippen LogP contribution >= 0.6 is 0 Å². The van der Waals surface area contributed by atoms with Gasteiger partial charge in [-0.05, 0) is 18.2 Å². The molecule has 0 fully saturated rings. The van der Waals surface area contributed by atoms with Crippen LogP contribution in [0.3, 0.4) is 0 Å². The fourth-order valence-electron chi connectivity index (χ4n) is 1.19. The van der Waals surface area contributed by atoms with Gasteiger partial charge in [0.1, 0.15) is 11.6 Å². The van der Waals surface area contributed by atoms with Crippen molar-refractivity contribution in [3.63, 3.8) is 0 Å². The molecule has 0 saturated carbocycles. The molecule has 0 aliphatic carbocycles. The Morgan fingerprint density at radius 3 is 2.69 bits per heavy atom. The third-order valence-electron chi connectivity index (χ3n) is 1.94. The average molecular weight is 225 g/mol. The summed E-state index contributed by atoms with van der Waals surface area (Å²) in [7, 11) is 0. The summed E-state index contributed by atoms with van der Waals surface area (Å²) in [6.07, 6.45) is 0. The molecule has 0 spiro atoms. The van der Waals surface area contributed by atoms with Crippen molar-refractivity contribution in [3.8, 4) is 11.7 Å². The zero-order valence-electron chi connectivity index (χ0n) is 8.24. The van der Waals surface area contributed by atoms with Gasteiger partial charge in [0.05, 0.1) is 6.54 Å².